The Kier molecular flexibility index (Phi) is 5.82. The summed E-state index contributed by atoms with van der Waals surface area (Å²) in [5.41, 5.74) is 2.90. The molecular formula is C22H17ClO3. The average Bonchev–Trinajstić information content (AvgIpc) is 2.67. The quantitative estimate of drug-likeness (QED) is 0.458. The molecule has 0 aliphatic heterocycles. The van der Waals surface area contributed by atoms with Crippen LogP contribution in [-0.2, 0) is 11.2 Å². The minimum atomic E-state index is -0.501. The van der Waals surface area contributed by atoms with E-state index < -0.39 is 5.97 Å². The molecule has 0 aliphatic carbocycles. The van der Waals surface area contributed by atoms with Gasteiger partial charge in [0.25, 0.3) is 0 Å². The Balaban J connectivity index is 1.68. The Morgan fingerprint density at radius 2 is 1.46 bits per heavy atom. The van der Waals surface area contributed by atoms with Gasteiger partial charge in [0.15, 0.2) is 12.4 Å². The molecule has 0 saturated carbocycles. The zero-order valence-corrected chi connectivity index (χ0v) is 14.8. The van der Waals surface area contributed by atoms with Crippen molar-refractivity contribution in [2.24, 2.45) is 0 Å². The first-order chi connectivity index (χ1) is 12.6. The highest BCUT2D eigenvalue weighted by atomic mass is 35.5. The van der Waals surface area contributed by atoms with Gasteiger partial charge in [0.1, 0.15) is 0 Å². The van der Waals surface area contributed by atoms with Crippen LogP contribution in [0.4, 0.5) is 0 Å². The lowest BCUT2D eigenvalue weighted by Crippen LogP contribution is -2.15. The summed E-state index contributed by atoms with van der Waals surface area (Å²) in [6.45, 7) is -0.305. The number of carbonyl (C=O) groups excluding carboxylic acids is 2. The van der Waals surface area contributed by atoms with Gasteiger partial charge in [-0.25, -0.2) is 4.79 Å². The van der Waals surface area contributed by atoms with Crippen molar-refractivity contribution < 1.29 is 14.3 Å². The van der Waals surface area contributed by atoms with Crippen LogP contribution in [0.2, 0.25) is 5.02 Å². The van der Waals surface area contributed by atoms with E-state index in [9.17, 15) is 9.59 Å². The van der Waals surface area contributed by atoms with Crippen molar-refractivity contribution in [2.75, 3.05) is 6.61 Å². The van der Waals surface area contributed by atoms with Gasteiger partial charge in [-0.3, -0.25) is 4.79 Å². The van der Waals surface area contributed by atoms with Gasteiger partial charge in [-0.1, -0.05) is 60.1 Å². The number of ether oxygens (including phenoxy) is 1. The second kappa shape index (κ2) is 8.45. The zero-order valence-electron chi connectivity index (χ0n) is 14.0. The van der Waals surface area contributed by atoms with Gasteiger partial charge in [0.2, 0.25) is 0 Å². The van der Waals surface area contributed by atoms with Crippen molar-refractivity contribution in [3.05, 3.63) is 106 Å². The first-order valence-electron chi connectivity index (χ1n) is 8.21. The van der Waals surface area contributed by atoms with Gasteiger partial charge in [-0.2, -0.15) is 0 Å². The number of esters is 1. The average molecular weight is 365 g/mol. The van der Waals surface area contributed by atoms with Crippen molar-refractivity contribution in [1.82, 2.24) is 0 Å². The summed E-state index contributed by atoms with van der Waals surface area (Å²) in [4.78, 5) is 24.6. The standard InChI is InChI=1S/C22H17ClO3/c23-19-12-10-17(11-13-19)21(24)15-26-22(25)20-9-5-4-8-18(20)14-16-6-2-1-3-7-16/h1-13H,14-15H2. The van der Waals surface area contributed by atoms with E-state index in [1.165, 1.54) is 0 Å². The summed E-state index contributed by atoms with van der Waals surface area (Å²) in [6, 6.07) is 23.6. The van der Waals surface area contributed by atoms with Crippen LogP contribution in [0.1, 0.15) is 31.8 Å². The van der Waals surface area contributed by atoms with Crippen LogP contribution < -0.4 is 0 Å². The van der Waals surface area contributed by atoms with E-state index in [0.717, 1.165) is 11.1 Å². The number of carbonyl (C=O) groups is 2. The molecule has 4 heteroatoms. The molecule has 3 aromatic carbocycles. The summed E-state index contributed by atoms with van der Waals surface area (Å²) in [5.74, 6) is -0.769. The number of halogens is 1. The fourth-order valence-electron chi connectivity index (χ4n) is 2.62. The maximum absolute atomic E-state index is 12.5. The lowest BCUT2D eigenvalue weighted by Gasteiger charge is -2.10. The molecule has 0 aliphatic rings. The summed E-state index contributed by atoms with van der Waals surface area (Å²) in [5, 5.41) is 0.549. The largest absolute Gasteiger partial charge is 0.454 e. The molecule has 3 aromatic rings. The molecule has 0 spiro atoms. The molecular weight excluding hydrogens is 348 g/mol. The molecule has 0 bridgehead atoms. The highest BCUT2D eigenvalue weighted by Gasteiger charge is 2.15. The summed E-state index contributed by atoms with van der Waals surface area (Å²) in [7, 11) is 0. The normalized spacial score (nSPS) is 10.3. The molecule has 0 unspecified atom stereocenters. The molecule has 26 heavy (non-hydrogen) atoms. The summed E-state index contributed by atoms with van der Waals surface area (Å²) in [6.07, 6.45) is 0.622. The number of ketones is 1. The number of rotatable bonds is 6. The van der Waals surface area contributed by atoms with E-state index in [1.54, 1.807) is 36.4 Å². The smallest absolute Gasteiger partial charge is 0.338 e. The summed E-state index contributed by atoms with van der Waals surface area (Å²) >= 11 is 5.81. The van der Waals surface area contributed by atoms with E-state index in [1.807, 2.05) is 42.5 Å². The Labute approximate surface area is 157 Å². The van der Waals surface area contributed by atoms with E-state index in [-0.39, 0.29) is 12.4 Å². The monoisotopic (exact) mass is 364 g/mol. The number of benzene rings is 3. The number of hydrogen-bond acceptors (Lipinski definition) is 3. The van der Waals surface area contributed by atoms with Gasteiger partial charge < -0.3 is 4.74 Å². The van der Waals surface area contributed by atoms with Crippen LogP contribution in [-0.4, -0.2) is 18.4 Å². The highest BCUT2D eigenvalue weighted by Crippen LogP contribution is 2.16. The number of Topliss-reactive ketones (excluding diaryl/α,β-unsaturated/α-hetero) is 1. The minimum Gasteiger partial charge on any atom is -0.454 e. The third-order valence-corrected chi connectivity index (χ3v) is 4.23. The molecule has 0 aromatic heterocycles. The van der Waals surface area contributed by atoms with E-state index in [2.05, 4.69) is 0 Å². The third-order valence-electron chi connectivity index (χ3n) is 3.98. The predicted octanol–water partition coefficient (Wildman–Crippen LogP) is 4.97. The zero-order chi connectivity index (χ0) is 18.4. The van der Waals surface area contributed by atoms with E-state index in [0.29, 0.717) is 22.6 Å². The van der Waals surface area contributed by atoms with Crippen molar-refractivity contribution >= 4 is 23.4 Å². The van der Waals surface area contributed by atoms with Gasteiger partial charge in [-0.05, 0) is 47.9 Å². The van der Waals surface area contributed by atoms with Gasteiger partial charge in [-0.15, -0.1) is 0 Å². The Morgan fingerprint density at radius 3 is 2.19 bits per heavy atom. The first kappa shape index (κ1) is 17.9. The van der Waals surface area contributed by atoms with Crippen molar-refractivity contribution in [3.63, 3.8) is 0 Å². The Morgan fingerprint density at radius 1 is 0.808 bits per heavy atom. The molecule has 0 radical (unpaired) electrons. The van der Waals surface area contributed by atoms with Crippen LogP contribution in [0.25, 0.3) is 0 Å². The summed E-state index contributed by atoms with van der Waals surface area (Å²) < 4.78 is 5.23. The third kappa shape index (κ3) is 4.58. The highest BCUT2D eigenvalue weighted by molar-refractivity contribution is 6.30. The topological polar surface area (TPSA) is 43.4 Å². The molecule has 0 fully saturated rings. The molecule has 0 atom stereocenters. The second-order valence-corrected chi connectivity index (χ2v) is 6.26. The maximum atomic E-state index is 12.5. The van der Waals surface area contributed by atoms with Crippen LogP contribution in [0.15, 0.2) is 78.9 Å². The van der Waals surface area contributed by atoms with Crippen molar-refractivity contribution in [2.45, 2.75) is 6.42 Å². The Hall–Kier alpha value is -2.91. The fourth-order valence-corrected chi connectivity index (χ4v) is 2.74. The van der Waals surface area contributed by atoms with Gasteiger partial charge in [0, 0.05) is 10.6 Å². The van der Waals surface area contributed by atoms with E-state index >= 15 is 0 Å². The fraction of sp³-hybridized carbons (Fsp3) is 0.0909. The van der Waals surface area contributed by atoms with Gasteiger partial charge in [0.05, 0.1) is 5.56 Å². The second-order valence-electron chi connectivity index (χ2n) is 5.83. The number of hydrogen-bond donors (Lipinski definition) is 0. The van der Waals surface area contributed by atoms with E-state index in [4.69, 9.17) is 16.3 Å². The van der Waals surface area contributed by atoms with Crippen LogP contribution in [0.3, 0.4) is 0 Å². The van der Waals surface area contributed by atoms with Crippen LogP contribution in [0.5, 0.6) is 0 Å². The minimum absolute atomic E-state index is 0.268. The Bertz CT molecular complexity index is 902. The molecule has 130 valence electrons. The first-order valence-corrected chi connectivity index (χ1v) is 8.59. The lowest BCUT2D eigenvalue weighted by atomic mass is 10.00. The molecule has 0 amide bonds. The maximum Gasteiger partial charge on any atom is 0.338 e. The SMILES string of the molecule is O=C(COC(=O)c1ccccc1Cc1ccccc1)c1ccc(Cl)cc1. The predicted molar refractivity (Wildman–Crippen MR) is 102 cm³/mol. The molecule has 3 nitrogen and oxygen atoms in total. The molecule has 3 rings (SSSR count). The van der Waals surface area contributed by atoms with Crippen LogP contribution >= 0.6 is 11.6 Å². The molecule has 0 heterocycles. The van der Waals surface area contributed by atoms with Crippen molar-refractivity contribution in [1.29, 1.82) is 0 Å². The molecule has 0 N–H and O–H groups in total. The van der Waals surface area contributed by atoms with Gasteiger partial charge >= 0.3 is 5.97 Å². The van der Waals surface area contributed by atoms with Crippen LogP contribution in [0, 0.1) is 0 Å². The molecule has 0 saturated heterocycles. The lowest BCUT2D eigenvalue weighted by molar-refractivity contribution is 0.0474. The van der Waals surface area contributed by atoms with Crippen molar-refractivity contribution in [3.8, 4) is 0 Å².